The average Bonchev–Trinajstić information content (AvgIpc) is 2.53. The quantitative estimate of drug-likeness (QED) is 0.710. The molecule has 1 aromatic rings. The first-order valence-corrected chi connectivity index (χ1v) is 4.81. The number of amides is 1. The maximum atomic E-state index is 11.4. The summed E-state index contributed by atoms with van der Waals surface area (Å²) in [5.74, 6) is -0.155. The molecule has 0 saturated heterocycles. The largest absolute Gasteiger partial charge is 0.330 e. The molecule has 1 amide bonds. The minimum absolute atomic E-state index is 0.155. The van der Waals surface area contributed by atoms with Gasteiger partial charge in [-0.2, -0.15) is 5.26 Å². The van der Waals surface area contributed by atoms with Crippen LogP contribution >= 0.6 is 0 Å². The molecule has 0 aromatic heterocycles. The Bertz CT molecular complexity index is 448. The topological polar surface area (TPSA) is 70.1 Å². The molecule has 1 aromatic carbocycles. The Morgan fingerprint density at radius 1 is 1.53 bits per heavy atom. The van der Waals surface area contributed by atoms with Crippen LogP contribution in [-0.4, -0.2) is 12.5 Å². The Balaban J connectivity index is 2.38. The summed E-state index contributed by atoms with van der Waals surface area (Å²) in [6.45, 7) is 0.592. The maximum Gasteiger partial charge on any atom is 0.244 e. The van der Waals surface area contributed by atoms with Crippen LogP contribution in [0.3, 0.4) is 0 Å². The predicted molar refractivity (Wildman–Crippen MR) is 56.0 cm³/mol. The number of nitrogens with zero attached hydrogens (tertiary/aromatic N) is 2. The van der Waals surface area contributed by atoms with Crippen LogP contribution in [0, 0.1) is 11.5 Å². The number of hydrogen-bond donors (Lipinski definition) is 1. The third-order valence-electron chi connectivity index (χ3n) is 2.51. The van der Waals surface area contributed by atoms with Gasteiger partial charge in [0.2, 0.25) is 5.91 Å². The average molecular weight is 201 g/mol. The van der Waals surface area contributed by atoms with Crippen LogP contribution in [0.25, 0.3) is 0 Å². The molecule has 0 fully saturated rings. The van der Waals surface area contributed by atoms with Gasteiger partial charge in [0.1, 0.15) is 0 Å². The molecule has 0 radical (unpaired) electrons. The van der Waals surface area contributed by atoms with Crippen molar-refractivity contribution in [2.24, 2.45) is 5.73 Å². The Kier molecular flexibility index (Phi) is 2.40. The van der Waals surface area contributed by atoms with E-state index in [1.807, 2.05) is 24.4 Å². The summed E-state index contributed by atoms with van der Waals surface area (Å²) in [6, 6.07) is 5.68. The normalized spacial score (nSPS) is 13.9. The van der Waals surface area contributed by atoms with Crippen molar-refractivity contribution >= 4 is 11.6 Å². The fraction of sp³-hybridized carbons (Fsp3) is 0.273. The van der Waals surface area contributed by atoms with Crippen molar-refractivity contribution in [2.45, 2.75) is 12.8 Å². The van der Waals surface area contributed by atoms with Gasteiger partial charge in [-0.3, -0.25) is 4.79 Å². The van der Waals surface area contributed by atoms with Crippen molar-refractivity contribution in [3.63, 3.8) is 0 Å². The Morgan fingerprint density at radius 3 is 3.00 bits per heavy atom. The zero-order valence-electron chi connectivity index (χ0n) is 8.23. The fourth-order valence-corrected chi connectivity index (χ4v) is 1.81. The number of hydrogen-bond acceptors (Lipinski definition) is 3. The van der Waals surface area contributed by atoms with E-state index in [0.29, 0.717) is 18.7 Å². The first kappa shape index (κ1) is 9.69. The van der Waals surface area contributed by atoms with E-state index in [0.717, 1.165) is 22.4 Å². The molecule has 0 saturated carbocycles. The second kappa shape index (κ2) is 3.71. The number of benzene rings is 1. The molecule has 1 aliphatic rings. The zero-order valence-corrected chi connectivity index (χ0v) is 8.23. The summed E-state index contributed by atoms with van der Waals surface area (Å²) in [5, 5.41) is 8.79. The van der Waals surface area contributed by atoms with Gasteiger partial charge in [-0.1, -0.05) is 12.1 Å². The molecule has 0 spiro atoms. The third kappa shape index (κ3) is 1.58. The van der Waals surface area contributed by atoms with Crippen molar-refractivity contribution in [3.05, 3.63) is 29.3 Å². The SMILES string of the molecule is N#CN1C(=O)Cc2cc(CCN)ccc21. The lowest BCUT2D eigenvalue weighted by Crippen LogP contribution is -2.19. The summed E-state index contributed by atoms with van der Waals surface area (Å²) >= 11 is 0. The van der Waals surface area contributed by atoms with Gasteiger partial charge in [0.05, 0.1) is 12.1 Å². The molecule has 1 heterocycles. The summed E-state index contributed by atoms with van der Waals surface area (Å²) < 4.78 is 0. The number of nitrogens with two attached hydrogens (primary N) is 1. The zero-order chi connectivity index (χ0) is 10.8. The first-order valence-electron chi connectivity index (χ1n) is 4.81. The molecule has 15 heavy (non-hydrogen) atoms. The van der Waals surface area contributed by atoms with Crippen LogP contribution in [0.2, 0.25) is 0 Å². The molecule has 2 N–H and O–H groups in total. The highest BCUT2D eigenvalue weighted by Gasteiger charge is 2.27. The van der Waals surface area contributed by atoms with Crippen LogP contribution < -0.4 is 10.6 Å². The Morgan fingerprint density at radius 2 is 2.33 bits per heavy atom. The third-order valence-corrected chi connectivity index (χ3v) is 2.51. The van der Waals surface area contributed by atoms with Crippen molar-refractivity contribution in [3.8, 4) is 6.19 Å². The van der Waals surface area contributed by atoms with E-state index < -0.39 is 0 Å². The lowest BCUT2D eigenvalue weighted by Gasteiger charge is -2.06. The van der Waals surface area contributed by atoms with Crippen molar-refractivity contribution in [1.82, 2.24) is 0 Å². The van der Waals surface area contributed by atoms with Crippen molar-refractivity contribution < 1.29 is 4.79 Å². The van der Waals surface area contributed by atoms with E-state index in [-0.39, 0.29) is 5.91 Å². The summed E-state index contributed by atoms with van der Waals surface area (Å²) in [5.41, 5.74) is 8.21. The van der Waals surface area contributed by atoms with Crippen molar-refractivity contribution in [2.75, 3.05) is 11.4 Å². The second-order valence-corrected chi connectivity index (χ2v) is 3.51. The molecule has 0 unspecified atom stereocenters. The van der Waals surface area contributed by atoms with E-state index in [1.165, 1.54) is 0 Å². The van der Waals surface area contributed by atoms with E-state index in [1.54, 1.807) is 0 Å². The van der Waals surface area contributed by atoms with Gasteiger partial charge < -0.3 is 5.73 Å². The lowest BCUT2D eigenvalue weighted by atomic mass is 10.1. The van der Waals surface area contributed by atoms with Gasteiger partial charge in [0.15, 0.2) is 6.19 Å². The molecule has 1 aliphatic heterocycles. The minimum atomic E-state index is -0.155. The molecular formula is C11H11N3O. The number of carbonyl (C=O) groups excluding carboxylic acids is 1. The number of carbonyl (C=O) groups is 1. The molecule has 76 valence electrons. The Labute approximate surface area is 87.9 Å². The Hall–Kier alpha value is -1.86. The highest BCUT2D eigenvalue weighted by molar-refractivity contribution is 6.03. The second-order valence-electron chi connectivity index (χ2n) is 3.51. The predicted octanol–water partition coefficient (Wildman–Crippen LogP) is 0.558. The standard InChI is InChI=1S/C11H11N3O/c12-4-3-8-1-2-10-9(5-8)6-11(15)14(10)7-13/h1-2,5H,3-4,6,12H2. The van der Waals surface area contributed by atoms with E-state index >= 15 is 0 Å². The maximum absolute atomic E-state index is 11.4. The highest BCUT2D eigenvalue weighted by Crippen LogP contribution is 2.28. The lowest BCUT2D eigenvalue weighted by molar-refractivity contribution is -0.116. The minimum Gasteiger partial charge on any atom is -0.330 e. The molecule has 4 nitrogen and oxygen atoms in total. The summed E-state index contributed by atoms with van der Waals surface area (Å²) in [4.78, 5) is 12.6. The molecule has 0 aliphatic carbocycles. The van der Waals surface area contributed by atoms with Crippen LogP contribution in [0.1, 0.15) is 11.1 Å². The van der Waals surface area contributed by atoms with Gasteiger partial charge in [-0.05, 0) is 30.2 Å². The van der Waals surface area contributed by atoms with Crippen LogP contribution in [-0.2, 0) is 17.6 Å². The monoisotopic (exact) mass is 201 g/mol. The van der Waals surface area contributed by atoms with Crippen LogP contribution in [0.5, 0.6) is 0 Å². The van der Waals surface area contributed by atoms with Gasteiger partial charge >= 0.3 is 0 Å². The number of fused-ring (bicyclic) bond motifs is 1. The molecular weight excluding hydrogens is 190 g/mol. The van der Waals surface area contributed by atoms with E-state index in [2.05, 4.69) is 0 Å². The molecule has 0 bridgehead atoms. The molecule has 2 rings (SSSR count). The fourth-order valence-electron chi connectivity index (χ4n) is 1.81. The number of rotatable bonds is 2. The van der Waals surface area contributed by atoms with E-state index in [4.69, 9.17) is 11.0 Å². The highest BCUT2D eigenvalue weighted by atomic mass is 16.2. The number of nitriles is 1. The molecule has 4 heteroatoms. The van der Waals surface area contributed by atoms with Crippen LogP contribution in [0.4, 0.5) is 5.69 Å². The summed E-state index contributed by atoms with van der Waals surface area (Å²) in [7, 11) is 0. The molecule has 0 atom stereocenters. The first-order chi connectivity index (χ1) is 7.26. The van der Waals surface area contributed by atoms with Gasteiger partial charge in [-0.15, -0.1) is 0 Å². The van der Waals surface area contributed by atoms with Gasteiger partial charge in [-0.25, -0.2) is 4.90 Å². The van der Waals surface area contributed by atoms with E-state index in [9.17, 15) is 4.79 Å². The van der Waals surface area contributed by atoms with Gasteiger partial charge in [0, 0.05) is 0 Å². The van der Waals surface area contributed by atoms with Crippen LogP contribution in [0.15, 0.2) is 18.2 Å². The smallest absolute Gasteiger partial charge is 0.244 e. The number of anilines is 1. The van der Waals surface area contributed by atoms with Gasteiger partial charge in [0.25, 0.3) is 0 Å². The summed E-state index contributed by atoms with van der Waals surface area (Å²) in [6.07, 6.45) is 3.00. The van der Waals surface area contributed by atoms with Crippen molar-refractivity contribution in [1.29, 1.82) is 5.26 Å².